The van der Waals surface area contributed by atoms with Crippen LogP contribution in [-0.4, -0.2) is 35.2 Å². The van der Waals surface area contributed by atoms with Crippen molar-refractivity contribution in [2.24, 2.45) is 4.99 Å². The van der Waals surface area contributed by atoms with Crippen molar-refractivity contribution in [3.8, 4) is 0 Å². The number of aliphatic hydroxyl groups excluding tert-OH is 1. The van der Waals surface area contributed by atoms with Crippen molar-refractivity contribution in [3.05, 3.63) is 30.1 Å². The van der Waals surface area contributed by atoms with Gasteiger partial charge in [0.1, 0.15) is 18.3 Å². The first kappa shape index (κ1) is 8.19. The Balaban J connectivity index is 2.19. The van der Waals surface area contributed by atoms with Crippen molar-refractivity contribution in [1.82, 2.24) is 4.98 Å². The third-order valence-corrected chi connectivity index (χ3v) is 1.81. The second kappa shape index (κ2) is 3.53. The molecule has 1 aromatic heterocycles. The van der Waals surface area contributed by atoms with Gasteiger partial charge in [0.2, 0.25) is 5.90 Å². The molecule has 0 fully saturated rings. The molecule has 0 radical (unpaired) electrons. The van der Waals surface area contributed by atoms with Gasteiger partial charge in [-0.05, 0) is 12.1 Å². The van der Waals surface area contributed by atoms with Gasteiger partial charge in [0.05, 0.1) is 6.61 Å². The summed E-state index contributed by atoms with van der Waals surface area (Å²) in [6.07, 6.45) is 1.69. The minimum atomic E-state index is -0.128. The molecule has 0 spiro atoms. The van der Waals surface area contributed by atoms with Crippen molar-refractivity contribution in [2.75, 3.05) is 13.2 Å². The van der Waals surface area contributed by atoms with Crippen molar-refractivity contribution < 1.29 is 9.84 Å². The van der Waals surface area contributed by atoms with Gasteiger partial charge in [-0.15, -0.1) is 0 Å². The molecule has 4 heteroatoms. The largest absolute Gasteiger partial charge is 0.474 e. The summed E-state index contributed by atoms with van der Waals surface area (Å²) in [5, 5.41) is 8.82. The summed E-state index contributed by atoms with van der Waals surface area (Å²) >= 11 is 0. The molecule has 2 heterocycles. The number of aliphatic hydroxyl groups is 1. The zero-order valence-electron chi connectivity index (χ0n) is 7.05. The molecule has 1 aliphatic heterocycles. The summed E-state index contributed by atoms with van der Waals surface area (Å²) in [6, 6.07) is 5.42. The average Bonchev–Trinajstić information content (AvgIpc) is 2.67. The molecule has 0 saturated heterocycles. The summed E-state index contributed by atoms with van der Waals surface area (Å²) in [6.45, 7) is 0.471. The van der Waals surface area contributed by atoms with Crippen LogP contribution in [0.4, 0.5) is 0 Å². The molecule has 0 amide bonds. The molecule has 13 heavy (non-hydrogen) atoms. The van der Waals surface area contributed by atoms with Crippen LogP contribution in [0.5, 0.6) is 0 Å². The van der Waals surface area contributed by atoms with Gasteiger partial charge in [0, 0.05) is 6.20 Å². The highest BCUT2D eigenvalue weighted by molar-refractivity contribution is 5.93. The van der Waals surface area contributed by atoms with E-state index in [0.717, 1.165) is 5.69 Å². The van der Waals surface area contributed by atoms with Gasteiger partial charge in [-0.3, -0.25) is 4.98 Å². The van der Waals surface area contributed by atoms with Gasteiger partial charge in [0.25, 0.3) is 0 Å². The Hall–Kier alpha value is -1.42. The molecule has 0 aliphatic carbocycles. The van der Waals surface area contributed by atoms with E-state index < -0.39 is 0 Å². The molecule has 1 N–H and O–H groups in total. The summed E-state index contributed by atoms with van der Waals surface area (Å²) in [5.74, 6) is 0.527. The van der Waals surface area contributed by atoms with Crippen LogP contribution in [0.25, 0.3) is 0 Å². The molecule has 1 unspecified atom stereocenters. The van der Waals surface area contributed by atoms with Crippen LogP contribution in [-0.2, 0) is 4.74 Å². The lowest BCUT2D eigenvalue weighted by Crippen LogP contribution is -2.10. The molecule has 0 saturated carbocycles. The molecule has 0 bridgehead atoms. The van der Waals surface area contributed by atoms with Gasteiger partial charge in [0.15, 0.2) is 0 Å². The predicted molar refractivity (Wildman–Crippen MR) is 47.6 cm³/mol. The maximum absolute atomic E-state index is 8.82. The first-order valence-corrected chi connectivity index (χ1v) is 4.13. The van der Waals surface area contributed by atoms with E-state index >= 15 is 0 Å². The third kappa shape index (κ3) is 1.67. The van der Waals surface area contributed by atoms with Gasteiger partial charge in [-0.25, -0.2) is 4.99 Å². The first-order chi connectivity index (χ1) is 6.40. The normalized spacial score (nSPS) is 21.0. The van der Waals surface area contributed by atoms with Gasteiger partial charge in [-0.2, -0.15) is 0 Å². The number of rotatable bonds is 2. The molecule has 1 aliphatic rings. The lowest BCUT2D eigenvalue weighted by molar-refractivity contribution is 0.227. The van der Waals surface area contributed by atoms with Crippen molar-refractivity contribution in [3.63, 3.8) is 0 Å². The monoisotopic (exact) mass is 178 g/mol. The van der Waals surface area contributed by atoms with E-state index in [1.54, 1.807) is 6.20 Å². The Morgan fingerprint density at radius 3 is 3.08 bits per heavy atom. The highest BCUT2D eigenvalue weighted by atomic mass is 16.5. The average molecular weight is 178 g/mol. The minimum Gasteiger partial charge on any atom is -0.474 e. The third-order valence-electron chi connectivity index (χ3n) is 1.81. The second-order valence-corrected chi connectivity index (χ2v) is 2.80. The summed E-state index contributed by atoms with van der Waals surface area (Å²) in [5.41, 5.74) is 0.721. The fourth-order valence-electron chi connectivity index (χ4n) is 1.14. The molecular weight excluding hydrogens is 168 g/mol. The summed E-state index contributed by atoms with van der Waals surface area (Å²) < 4.78 is 5.27. The number of hydrogen-bond donors (Lipinski definition) is 1. The van der Waals surface area contributed by atoms with Crippen LogP contribution in [0.1, 0.15) is 5.69 Å². The van der Waals surface area contributed by atoms with Gasteiger partial charge in [-0.1, -0.05) is 6.07 Å². The Labute approximate surface area is 75.9 Å². The fraction of sp³-hybridized carbons (Fsp3) is 0.333. The molecule has 1 atom stereocenters. The van der Waals surface area contributed by atoms with E-state index in [2.05, 4.69) is 9.98 Å². The lowest BCUT2D eigenvalue weighted by Gasteiger charge is -1.98. The maximum atomic E-state index is 8.82. The van der Waals surface area contributed by atoms with Crippen LogP contribution in [0.15, 0.2) is 29.4 Å². The first-order valence-electron chi connectivity index (χ1n) is 4.13. The van der Waals surface area contributed by atoms with E-state index in [-0.39, 0.29) is 12.6 Å². The zero-order chi connectivity index (χ0) is 9.10. The topological polar surface area (TPSA) is 54.7 Å². The standard InChI is InChI=1S/C9H10N2O2/c12-5-7-6-13-9(11-7)8-3-1-2-4-10-8/h1-4,7,12H,5-6H2. The van der Waals surface area contributed by atoms with Crippen molar-refractivity contribution >= 4 is 5.90 Å². The smallest absolute Gasteiger partial charge is 0.235 e. The van der Waals surface area contributed by atoms with Crippen molar-refractivity contribution in [1.29, 1.82) is 0 Å². The van der Waals surface area contributed by atoms with E-state index in [9.17, 15) is 0 Å². The molecule has 0 aromatic carbocycles. The Bertz CT molecular complexity index is 311. The van der Waals surface area contributed by atoms with E-state index in [4.69, 9.17) is 9.84 Å². The number of aliphatic imine (C=N–C) groups is 1. The highest BCUT2D eigenvalue weighted by Gasteiger charge is 2.19. The second-order valence-electron chi connectivity index (χ2n) is 2.80. The van der Waals surface area contributed by atoms with Crippen LogP contribution in [0.2, 0.25) is 0 Å². The number of nitrogens with zero attached hydrogens (tertiary/aromatic N) is 2. The van der Waals surface area contributed by atoms with Crippen molar-refractivity contribution in [2.45, 2.75) is 6.04 Å². The molecule has 4 nitrogen and oxygen atoms in total. The number of pyridine rings is 1. The minimum absolute atomic E-state index is 0.0241. The quantitative estimate of drug-likeness (QED) is 0.704. The van der Waals surface area contributed by atoms with Gasteiger partial charge < -0.3 is 9.84 Å². The molecule has 1 aromatic rings. The van der Waals surface area contributed by atoms with Gasteiger partial charge >= 0.3 is 0 Å². The lowest BCUT2D eigenvalue weighted by atomic mass is 10.3. The zero-order valence-corrected chi connectivity index (χ0v) is 7.05. The summed E-state index contributed by atoms with van der Waals surface area (Å²) in [7, 11) is 0. The Kier molecular flexibility index (Phi) is 2.23. The molecule has 68 valence electrons. The number of ether oxygens (including phenoxy) is 1. The van der Waals surface area contributed by atoms with E-state index in [0.29, 0.717) is 12.5 Å². The SMILES string of the molecule is OCC1COC(c2ccccn2)=N1. The van der Waals surface area contributed by atoms with Crippen LogP contribution in [0, 0.1) is 0 Å². The number of hydrogen-bond acceptors (Lipinski definition) is 4. The number of aromatic nitrogens is 1. The van der Waals surface area contributed by atoms with E-state index in [1.807, 2.05) is 18.2 Å². The van der Waals surface area contributed by atoms with Crippen LogP contribution < -0.4 is 0 Å². The van der Waals surface area contributed by atoms with Crippen LogP contribution in [0.3, 0.4) is 0 Å². The Morgan fingerprint density at radius 1 is 1.54 bits per heavy atom. The Morgan fingerprint density at radius 2 is 2.46 bits per heavy atom. The molecular formula is C9H10N2O2. The summed E-state index contributed by atoms with van der Waals surface area (Å²) in [4.78, 5) is 8.25. The highest BCUT2D eigenvalue weighted by Crippen LogP contribution is 2.08. The molecule has 2 rings (SSSR count). The maximum Gasteiger partial charge on any atom is 0.235 e. The predicted octanol–water partition coefficient (Wildman–Crippen LogP) is 0.219. The van der Waals surface area contributed by atoms with E-state index in [1.165, 1.54) is 0 Å². The fourth-order valence-corrected chi connectivity index (χ4v) is 1.14. The van der Waals surface area contributed by atoms with Crippen LogP contribution >= 0.6 is 0 Å².